The number of benzene rings is 2. The second kappa shape index (κ2) is 7.64. The average molecular weight is 376 g/mol. The molecule has 0 fully saturated rings. The molecule has 4 unspecified atom stereocenters. The van der Waals surface area contributed by atoms with Crippen LogP contribution in [0, 0.1) is 11.8 Å². The molecule has 4 atom stereocenters. The summed E-state index contributed by atoms with van der Waals surface area (Å²) in [5.74, 6) is -1.16. The number of aliphatic hydroxyl groups excluding tert-OH is 3. The molecular weight excluding hydrogens is 352 g/mol. The second-order valence-corrected chi connectivity index (χ2v) is 6.70. The lowest BCUT2D eigenvalue weighted by Crippen LogP contribution is -2.38. The van der Waals surface area contributed by atoms with E-state index in [0.717, 1.165) is 5.56 Å². The number of phenols is 2. The Kier molecular flexibility index (Phi) is 5.46. The Labute approximate surface area is 157 Å². The predicted octanol–water partition coefficient (Wildman–Crippen LogP) is 1.51. The number of aromatic hydroxyl groups is 2. The summed E-state index contributed by atoms with van der Waals surface area (Å²) < 4.78 is 10.3. The highest BCUT2D eigenvalue weighted by Crippen LogP contribution is 2.51. The molecule has 7 heteroatoms. The Morgan fingerprint density at radius 3 is 2.04 bits per heavy atom. The molecular formula is C20H24O7. The van der Waals surface area contributed by atoms with Gasteiger partial charge in [-0.15, -0.1) is 0 Å². The molecule has 0 heterocycles. The Bertz CT molecular complexity index is 820. The monoisotopic (exact) mass is 376 g/mol. The molecule has 1 aliphatic rings. The van der Waals surface area contributed by atoms with Gasteiger partial charge in [0.05, 0.1) is 20.3 Å². The maximum absolute atomic E-state index is 10.8. The van der Waals surface area contributed by atoms with Crippen molar-refractivity contribution in [1.82, 2.24) is 0 Å². The van der Waals surface area contributed by atoms with Gasteiger partial charge >= 0.3 is 0 Å². The Balaban J connectivity index is 2.24. The molecule has 5 N–H and O–H groups in total. The molecule has 3 rings (SSSR count). The molecule has 1 aliphatic carbocycles. The lowest BCUT2D eigenvalue weighted by atomic mass is 9.65. The van der Waals surface area contributed by atoms with Crippen molar-refractivity contribution in [2.24, 2.45) is 11.8 Å². The van der Waals surface area contributed by atoms with E-state index < -0.39 is 23.9 Å². The third-order valence-corrected chi connectivity index (χ3v) is 5.41. The van der Waals surface area contributed by atoms with Crippen molar-refractivity contribution in [2.45, 2.75) is 12.0 Å². The fraction of sp³-hybridized carbons (Fsp3) is 0.400. The maximum Gasteiger partial charge on any atom is 0.160 e. The van der Waals surface area contributed by atoms with Crippen LogP contribution in [-0.4, -0.2) is 53.0 Å². The van der Waals surface area contributed by atoms with E-state index in [9.17, 15) is 25.5 Å². The number of hydrogen-bond donors (Lipinski definition) is 5. The van der Waals surface area contributed by atoms with Crippen LogP contribution in [0.2, 0.25) is 0 Å². The molecule has 146 valence electrons. The van der Waals surface area contributed by atoms with Crippen LogP contribution in [0.1, 0.15) is 28.7 Å². The molecule has 0 saturated heterocycles. The SMILES string of the molecule is COc1cc(C2c3cc(O)c(OC)cc3C(O)C(CO)C2CO)ccc1O. The van der Waals surface area contributed by atoms with Crippen molar-refractivity contribution in [1.29, 1.82) is 0 Å². The van der Waals surface area contributed by atoms with Gasteiger partial charge in [0, 0.05) is 31.0 Å². The minimum atomic E-state index is -1.02. The summed E-state index contributed by atoms with van der Waals surface area (Å²) in [5, 5.41) is 50.8. The van der Waals surface area contributed by atoms with Crippen LogP contribution in [0.5, 0.6) is 23.0 Å². The number of methoxy groups -OCH3 is 2. The van der Waals surface area contributed by atoms with E-state index in [1.807, 2.05) is 0 Å². The topological polar surface area (TPSA) is 120 Å². The fourth-order valence-corrected chi connectivity index (χ4v) is 4.02. The van der Waals surface area contributed by atoms with Crippen molar-refractivity contribution in [3.63, 3.8) is 0 Å². The number of hydrogen-bond acceptors (Lipinski definition) is 7. The summed E-state index contributed by atoms with van der Waals surface area (Å²) in [6, 6.07) is 7.90. The van der Waals surface area contributed by atoms with Gasteiger partial charge in [-0.3, -0.25) is 0 Å². The van der Waals surface area contributed by atoms with Crippen LogP contribution in [-0.2, 0) is 0 Å². The fourth-order valence-electron chi connectivity index (χ4n) is 4.02. The van der Waals surface area contributed by atoms with E-state index in [0.29, 0.717) is 11.1 Å². The van der Waals surface area contributed by atoms with Crippen LogP contribution in [0.4, 0.5) is 0 Å². The van der Waals surface area contributed by atoms with Gasteiger partial charge in [0.2, 0.25) is 0 Å². The van der Waals surface area contributed by atoms with E-state index in [-0.39, 0.29) is 36.2 Å². The van der Waals surface area contributed by atoms with Crippen LogP contribution in [0.15, 0.2) is 30.3 Å². The van der Waals surface area contributed by atoms with Crippen molar-refractivity contribution in [3.8, 4) is 23.0 Å². The number of aliphatic hydroxyl groups is 3. The first-order valence-corrected chi connectivity index (χ1v) is 8.64. The van der Waals surface area contributed by atoms with Gasteiger partial charge < -0.3 is 35.0 Å². The van der Waals surface area contributed by atoms with Gasteiger partial charge in [0.25, 0.3) is 0 Å². The zero-order chi connectivity index (χ0) is 19.7. The lowest BCUT2D eigenvalue weighted by Gasteiger charge is -2.41. The number of rotatable bonds is 5. The van der Waals surface area contributed by atoms with Gasteiger partial charge in [0.1, 0.15) is 0 Å². The van der Waals surface area contributed by atoms with Gasteiger partial charge in [-0.1, -0.05) is 6.07 Å². The lowest BCUT2D eigenvalue weighted by molar-refractivity contribution is -0.00434. The molecule has 0 saturated carbocycles. The highest BCUT2D eigenvalue weighted by Gasteiger charge is 2.43. The van der Waals surface area contributed by atoms with E-state index in [1.54, 1.807) is 18.2 Å². The summed E-state index contributed by atoms with van der Waals surface area (Å²) in [6.07, 6.45) is -1.02. The minimum absolute atomic E-state index is 0.0193. The highest BCUT2D eigenvalue weighted by atomic mass is 16.5. The first-order chi connectivity index (χ1) is 13.0. The quantitative estimate of drug-likeness (QED) is 0.537. The van der Waals surface area contributed by atoms with Gasteiger partial charge in [-0.05, 0) is 41.0 Å². The Morgan fingerprint density at radius 2 is 1.44 bits per heavy atom. The summed E-state index contributed by atoms with van der Waals surface area (Å²) >= 11 is 0. The van der Waals surface area contributed by atoms with Gasteiger partial charge in [0.15, 0.2) is 23.0 Å². The average Bonchev–Trinajstić information content (AvgIpc) is 2.68. The first-order valence-electron chi connectivity index (χ1n) is 8.64. The highest BCUT2D eigenvalue weighted by molar-refractivity contribution is 5.54. The van der Waals surface area contributed by atoms with Crippen molar-refractivity contribution in [2.75, 3.05) is 27.4 Å². The second-order valence-electron chi connectivity index (χ2n) is 6.70. The van der Waals surface area contributed by atoms with Crippen molar-refractivity contribution < 1.29 is 35.0 Å². The van der Waals surface area contributed by atoms with Crippen LogP contribution < -0.4 is 9.47 Å². The van der Waals surface area contributed by atoms with E-state index in [4.69, 9.17) is 9.47 Å². The van der Waals surface area contributed by atoms with Crippen molar-refractivity contribution in [3.05, 3.63) is 47.0 Å². The summed E-state index contributed by atoms with van der Waals surface area (Å²) in [5.41, 5.74) is 1.86. The van der Waals surface area contributed by atoms with Crippen LogP contribution >= 0.6 is 0 Å². The molecule has 2 aromatic carbocycles. The van der Waals surface area contributed by atoms with E-state index >= 15 is 0 Å². The molecule has 7 nitrogen and oxygen atoms in total. The largest absolute Gasteiger partial charge is 0.504 e. The smallest absolute Gasteiger partial charge is 0.160 e. The zero-order valence-electron chi connectivity index (χ0n) is 15.2. The van der Waals surface area contributed by atoms with Crippen molar-refractivity contribution >= 4 is 0 Å². The molecule has 27 heavy (non-hydrogen) atoms. The minimum Gasteiger partial charge on any atom is -0.504 e. The third-order valence-electron chi connectivity index (χ3n) is 5.41. The molecule has 0 aromatic heterocycles. The molecule has 0 amide bonds. The third kappa shape index (κ3) is 3.18. The standard InChI is InChI=1S/C20H24O7/c1-26-17-5-10(3-4-15(17)23)19-11-6-16(24)18(27-2)7-12(11)20(25)14(9-22)13(19)8-21/h3-7,13-14,19-25H,8-9H2,1-2H3. The van der Waals surface area contributed by atoms with E-state index in [1.165, 1.54) is 26.4 Å². The number of phenolic OH excluding ortho intramolecular Hbond substituents is 2. The van der Waals surface area contributed by atoms with Crippen LogP contribution in [0.25, 0.3) is 0 Å². The number of fused-ring (bicyclic) bond motifs is 1. The maximum atomic E-state index is 10.8. The summed E-state index contributed by atoms with van der Waals surface area (Å²) in [7, 11) is 2.85. The summed E-state index contributed by atoms with van der Waals surface area (Å²) in [4.78, 5) is 0. The van der Waals surface area contributed by atoms with Crippen LogP contribution in [0.3, 0.4) is 0 Å². The molecule has 0 aliphatic heterocycles. The molecule has 0 radical (unpaired) electrons. The Hall–Kier alpha value is -2.48. The summed E-state index contributed by atoms with van der Waals surface area (Å²) in [6.45, 7) is -0.594. The normalized spacial score (nSPS) is 24.3. The van der Waals surface area contributed by atoms with Gasteiger partial charge in [-0.25, -0.2) is 0 Å². The number of ether oxygens (including phenoxy) is 2. The predicted molar refractivity (Wildman–Crippen MR) is 97.3 cm³/mol. The molecule has 2 aromatic rings. The Morgan fingerprint density at radius 1 is 0.815 bits per heavy atom. The van der Waals surface area contributed by atoms with Gasteiger partial charge in [-0.2, -0.15) is 0 Å². The van der Waals surface area contributed by atoms with E-state index in [2.05, 4.69) is 0 Å². The molecule has 0 spiro atoms. The zero-order valence-corrected chi connectivity index (χ0v) is 15.2. The first kappa shape index (κ1) is 19.3. The molecule has 0 bridgehead atoms.